The monoisotopic (exact) mass is 552 g/mol. The third-order valence-corrected chi connectivity index (χ3v) is 9.08. The molecule has 8 aromatic rings. The molecule has 3 heterocycles. The van der Waals surface area contributed by atoms with E-state index >= 15 is 0 Å². The summed E-state index contributed by atoms with van der Waals surface area (Å²) in [6, 6.07) is 43.8. The fourth-order valence-corrected chi connectivity index (χ4v) is 7.17. The van der Waals surface area contributed by atoms with Crippen molar-refractivity contribution in [3.8, 4) is 40.1 Å². The molecule has 0 aliphatic heterocycles. The Balaban J connectivity index is 1.41. The highest BCUT2D eigenvalue weighted by molar-refractivity contribution is 7.26. The van der Waals surface area contributed by atoms with Gasteiger partial charge in [0.15, 0.2) is 0 Å². The largest absolute Gasteiger partial charge is 0.307 e. The summed E-state index contributed by atoms with van der Waals surface area (Å²) in [6.07, 6.45) is 1.73. The van der Waals surface area contributed by atoms with Gasteiger partial charge in [0, 0.05) is 48.3 Å². The molecule has 0 amide bonds. The zero-order chi connectivity index (χ0) is 28.2. The van der Waals surface area contributed by atoms with Gasteiger partial charge in [-0.1, -0.05) is 78.9 Å². The lowest BCUT2D eigenvalue weighted by molar-refractivity contribution is 1.17. The Hall–Kier alpha value is -5.75. The summed E-state index contributed by atoms with van der Waals surface area (Å²) in [5.41, 5.74) is 7.23. The number of fused-ring (bicyclic) bond motifs is 7. The maximum atomic E-state index is 10.5. The van der Waals surface area contributed by atoms with E-state index in [0.717, 1.165) is 44.2 Å². The number of hydrogen-bond acceptors (Lipinski definition) is 4. The third kappa shape index (κ3) is 3.55. The van der Waals surface area contributed by atoms with Crippen LogP contribution >= 0.6 is 11.3 Å². The van der Waals surface area contributed by atoms with Gasteiger partial charge in [0.05, 0.1) is 22.3 Å². The van der Waals surface area contributed by atoms with Gasteiger partial charge in [-0.05, 0) is 47.5 Å². The van der Waals surface area contributed by atoms with E-state index in [1.54, 1.807) is 17.5 Å². The second-order valence-corrected chi connectivity index (χ2v) is 11.3. The molecule has 0 spiro atoms. The summed E-state index contributed by atoms with van der Waals surface area (Å²) in [4.78, 5) is 4.47. The summed E-state index contributed by atoms with van der Waals surface area (Å²) in [7, 11) is 0. The molecule has 0 saturated heterocycles. The second-order valence-electron chi connectivity index (χ2n) is 10.2. The highest BCUT2D eigenvalue weighted by atomic mass is 32.1. The van der Waals surface area contributed by atoms with Crippen LogP contribution in [-0.4, -0.2) is 9.55 Å². The lowest BCUT2D eigenvalue weighted by Gasteiger charge is -2.13. The van der Waals surface area contributed by atoms with Gasteiger partial charge in [0.25, 0.3) is 0 Å². The second kappa shape index (κ2) is 9.42. The Kier molecular flexibility index (Phi) is 5.40. The Morgan fingerprint density at radius 3 is 2.24 bits per heavy atom. The molecule has 194 valence electrons. The molecule has 3 aromatic heterocycles. The average molecular weight is 553 g/mol. The van der Waals surface area contributed by atoms with E-state index in [-0.39, 0.29) is 0 Å². The summed E-state index contributed by atoms with van der Waals surface area (Å²) >= 11 is 1.79. The van der Waals surface area contributed by atoms with Crippen molar-refractivity contribution in [2.75, 3.05) is 0 Å². The van der Waals surface area contributed by atoms with Crippen LogP contribution in [0, 0.1) is 22.7 Å². The molecule has 0 unspecified atom stereocenters. The number of rotatable bonds is 3. The van der Waals surface area contributed by atoms with Crippen LogP contribution in [0.25, 0.3) is 69.9 Å². The molecule has 0 aliphatic rings. The molecule has 0 N–H and O–H groups in total. The van der Waals surface area contributed by atoms with Crippen LogP contribution in [0.15, 0.2) is 121 Å². The predicted octanol–water partition coefficient (Wildman–Crippen LogP) is 9.62. The molecule has 0 radical (unpaired) electrons. The molecular formula is C37H20N4S. The van der Waals surface area contributed by atoms with Crippen molar-refractivity contribution in [3.63, 3.8) is 0 Å². The normalized spacial score (nSPS) is 11.3. The first-order valence-corrected chi connectivity index (χ1v) is 14.4. The minimum atomic E-state index is 0.328. The molecule has 0 saturated carbocycles. The van der Waals surface area contributed by atoms with Crippen LogP contribution in [-0.2, 0) is 0 Å². The van der Waals surface area contributed by atoms with Crippen molar-refractivity contribution in [3.05, 3.63) is 133 Å². The number of nitrogens with zero attached hydrogens (tertiary/aromatic N) is 4. The van der Waals surface area contributed by atoms with E-state index < -0.39 is 0 Å². The fourth-order valence-electron chi connectivity index (χ4n) is 6.07. The summed E-state index contributed by atoms with van der Waals surface area (Å²) in [6.45, 7) is 0. The van der Waals surface area contributed by atoms with Crippen LogP contribution in [0.4, 0.5) is 0 Å². The van der Waals surface area contributed by atoms with E-state index in [1.165, 1.54) is 20.2 Å². The van der Waals surface area contributed by atoms with E-state index in [0.29, 0.717) is 16.8 Å². The van der Waals surface area contributed by atoms with Gasteiger partial charge >= 0.3 is 0 Å². The maximum Gasteiger partial charge on any atom is 0.148 e. The molecule has 8 rings (SSSR count). The number of pyridine rings is 1. The standard InChI is InChI=1S/C37H20N4S/c38-20-25-18-24(30-19-26(22-40-31(30)21-39)23-8-2-1-3-9-23)14-16-32(25)41-33-12-6-4-10-27(33)28-15-17-35-36(37(28)41)29-11-5-7-13-34(29)42-35/h1-19,22H. The molecular weight excluding hydrogens is 533 g/mol. The molecule has 0 fully saturated rings. The topological polar surface area (TPSA) is 65.4 Å². The smallest absolute Gasteiger partial charge is 0.148 e. The SMILES string of the molecule is N#Cc1cc(-c2cc(-c3ccccc3)cnc2C#N)ccc1-n1c2ccccc2c2ccc3sc4ccccc4c3c21. The van der Waals surface area contributed by atoms with Gasteiger partial charge in [-0.3, -0.25) is 0 Å². The van der Waals surface area contributed by atoms with Gasteiger partial charge in [-0.15, -0.1) is 11.3 Å². The van der Waals surface area contributed by atoms with Crippen LogP contribution in [0.5, 0.6) is 0 Å². The van der Waals surface area contributed by atoms with Crippen molar-refractivity contribution >= 4 is 53.3 Å². The number of para-hydroxylation sites is 1. The van der Waals surface area contributed by atoms with Gasteiger partial charge in [-0.25, -0.2) is 4.98 Å². The number of aromatic nitrogens is 2. The van der Waals surface area contributed by atoms with E-state index in [4.69, 9.17) is 0 Å². The van der Waals surface area contributed by atoms with E-state index in [2.05, 4.69) is 76.3 Å². The van der Waals surface area contributed by atoms with Crippen molar-refractivity contribution in [1.29, 1.82) is 10.5 Å². The molecule has 42 heavy (non-hydrogen) atoms. The summed E-state index contributed by atoms with van der Waals surface area (Å²) in [5, 5.41) is 25.1. The summed E-state index contributed by atoms with van der Waals surface area (Å²) in [5.74, 6) is 0. The molecule has 5 aromatic carbocycles. The van der Waals surface area contributed by atoms with Crippen molar-refractivity contribution < 1.29 is 0 Å². The predicted molar refractivity (Wildman–Crippen MR) is 172 cm³/mol. The van der Waals surface area contributed by atoms with Crippen LogP contribution < -0.4 is 0 Å². The van der Waals surface area contributed by atoms with E-state index in [1.807, 2.05) is 60.7 Å². The minimum Gasteiger partial charge on any atom is -0.307 e. The first-order chi connectivity index (χ1) is 20.7. The molecule has 5 heteroatoms. The lowest BCUT2D eigenvalue weighted by Crippen LogP contribution is -1.99. The van der Waals surface area contributed by atoms with E-state index in [9.17, 15) is 10.5 Å². The maximum absolute atomic E-state index is 10.5. The Labute approximate surface area is 245 Å². The first kappa shape index (κ1) is 24.1. The molecule has 4 nitrogen and oxygen atoms in total. The van der Waals surface area contributed by atoms with Crippen LogP contribution in [0.2, 0.25) is 0 Å². The molecule has 0 atom stereocenters. The van der Waals surface area contributed by atoms with Crippen LogP contribution in [0.1, 0.15) is 11.3 Å². The van der Waals surface area contributed by atoms with Crippen molar-refractivity contribution in [1.82, 2.24) is 9.55 Å². The summed E-state index contributed by atoms with van der Waals surface area (Å²) < 4.78 is 4.69. The van der Waals surface area contributed by atoms with Crippen molar-refractivity contribution in [2.45, 2.75) is 0 Å². The highest BCUT2D eigenvalue weighted by Gasteiger charge is 2.20. The number of benzene rings is 5. The third-order valence-electron chi connectivity index (χ3n) is 7.94. The average Bonchev–Trinajstić information content (AvgIpc) is 3.60. The quantitative estimate of drug-likeness (QED) is 0.219. The van der Waals surface area contributed by atoms with Gasteiger partial charge in [0.1, 0.15) is 17.8 Å². The Morgan fingerprint density at radius 1 is 0.619 bits per heavy atom. The highest BCUT2D eigenvalue weighted by Crippen LogP contribution is 2.43. The zero-order valence-electron chi connectivity index (χ0n) is 22.2. The van der Waals surface area contributed by atoms with Gasteiger partial charge < -0.3 is 4.57 Å². The molecule has 0 aliphatic carbocycles. The fraction of sp³-hybridized carbons (Fsp3) is 0. The Morgan fingerprint density at radius 2 is 1.40 bits per heavy atom. The minimum absolute atomic E-state index is 0.328. The lowest BCUT2D eigenvalue weighted by atomic mass is 9.97. The molecule has 0 bridgehead atoms. The van der Waals surface area contributed by atoms with Gasteiger partial charge in [0.2, 0.25) is 0 Å². The number of hydrogen-bond donors (Lipinski definition) is 0. The van der Waals surface area contributed by atoms with Crippen LogP contribution in [0.3, 0.4) is 0 Å². The number of thiophene rings is 1. The van der Waals surface area contributed by atoms with Gasteiger partial charge in [-0.2, -0.15) is 10.5 Å². The first-order valence-electron chi connectivity index (χ1n) is 13.6. The Bertz CT molecular complexity index is 2440. The zero-order valence-corrected chi connectivity index (χ0v) is 23.1. The number of nitriles is 2. The van der Waals surface area contributed by atoms with Crippen molar-refractivity contribution in [2.24, 2.45) is 0 Å².